The van der Waals surface area contributed by atoms with Crippen LogP contribution in [-0.4, -0.2) is 0 Å². The summed E-state index contributed by atoms with van der Waals surface area (Å²) in [6, 6.07) is -13.6. The van der Waals surface area contributed by atoms with Gasteiger partial charge in [0.2, 0.25) is 0 Å². The SMILES string of the molecule is [2H]c1c([2H])c([2H])c(-c2c([2H])c([2H])c3oc(-c4c([2H])c([2H])c5c(c4[2H])c([2H])c([2H])c4c([2H])c([2H])c([2H])c([2H])c45)c(-c4c5c([2H])c([2H])c([2H])c([2H])c5c(-c5ccccc5)c5c([2H])c([2H])c([2H])c([2H])c45)c3c2[2H])c([2H])c1[2H]. The predicted octanol–water partition coefficient (Wildman–Crippen LogP) is 13.7. The second kappa shape index (κ2) is 11.1. The van der Waals surface area contributed by atoms with E-state index < -0.39 is 228 Å². The highest BCUT2D eigenvalue weighted by Crippen LogP contribution is 2.50. The Morgan fingerprint density at radius 3 is 1.67 bits per heavy atom. The molecule has 0 atom stereocenters. The Balaban J connectivity index is 1.58. The maximum Gasteiger partial charge on any atom is 0.143 e. The summed E-state index contributed by atoms with van der Waals surface area (Å²) in [5.74, 6) is -0.833. The molecule has 1 heteroatoms. The summed E-state index contributed by atoms with van der Waals surface area (Å²) in [7, 11) is 0. The number of benzene rings is 9. The van der Waals surface area contributed by atoms with Crippen LogP contribution >= 0.6 is 0 Å². The molecule has 1 nitrogen and oxygen atoms in total. The summed E-state index contributed by atoms with van der Waals surface area (Å²) in [6.45, 7) is 0. The molecule has 228 valence electrons. The average Bonchev–Trinajstić information content (AvgIpc) is 3.77. The molecular weight excluding hydrogens is 593 g/mol. The first-order valence-electron chi connectivity index (χ1n) is 27.3. The molecule has 0 aliphatic heterocycles. The second-order valence-corrected chi connectivity index (χ2v) is 10.9. The monoisotopic (exact) mass is 647 g/mol. The van der Waals surface area contributed by atoms with Crippen LogP contribution in [0.2, 0.25) is 0 Å². The molecule has 10 aromatic rings. The van der Waals surface area contributed by atoms with Crippen molar-refractivity contribution < 1.29 is 38.7 Å². The Morgan fingerprint density at radius 2 is 0.939 bits per heavy atom. The zero-order valence-corrected chi connectivity index (χ0v) is 24.8. The first-order valence-corrected chi connectivity index (χ1v) is 14.8. The van der Waals surface area contributed by atoms with Crippen LogP contribution in [0.25, 0.3) is 98.8 Å². The first kappa shape index (κ1) is 12.5. The van der Waals surface area contributed by atoms with Crippen molar-refractivity contribution in [3.05, 3.63) is 181 Å². The lowest BCUT2D eigenvalue weighted by atomic mass is 9.84. The molecule has 9 aromatic carbocycles. The molecule has 0 saturated carbocycles. The van der Waals surface area contributed by atoms with E-state index in [2.05, 4.69) is 0 Å². The van der Waals surface area contributed by atoms with Crippen LogP contribution in [0.4, 0.5) is 0 Å². The minimum atomic E-state index is -0.984. The van der Waals surface area contributed by atoms with Gasteiger partial charge in [0.05, 0.1) is 34.3 Å². The third-order valence-corrected chi connectivity index (χ3v) is 8.19. The molecule has 0 unspecified atom stereocenters. The highest BCUT2D eigenvalue weighted by atomic mass is 16.3. The third-order valence-electron chi connectivity index (χ3n) is 8.19. The van der Waals surface area contributed by atoms with Gasteiger partial charge in [0.15, 0.2) is 0 Å². The van der Waals surface area contributed by atoms with E-state index in [9.17, 15) is 15.1 Å². The van der Waals surface area contributed by atoms with Gasteiger partial charge in [-0.1, -0.05) is 163 Å². The fourth-order valence-corrected chi connectivity index (χ4v) is 6.12. The van der Waals surface area contributed by atoms with Crippen molar-refractivity contribution >= 4 is 54.1 Å². The fourth-order valence-electron chi connectivity index (χ4n) is 6.12. The summed E-state index contributed by atoms with van der Waals surface area (Å²) in [6.07, 6.45) is 0. The molecule has 0 aliphatic carbocycles. The molecule has 0 radical (unpaired) electrons. The number of rotatable bonds is 4. The van der Waals surface area contributed by atoms with E-state index >= 15 is 0 Å². The molecule has 10 rings (SSSR count). The van der Waals surface area contributed by atoms with Crippen molar-refractivity contribution in [1.29, 1.82) is 0 Å². The van der Waals surface area contributed by atoms with E-state index in [0.717, 1.165) is 0 Å². The highest BCUT2D eigenvalue weighted by Gasteiger charge is 2.24. The van der Waals surface area contributed by atoms with Crippen molar-refractivity contribution in [2.24, 2.45) is 0 Å². The maximum absolute atomic E-state index is 9.96. The van der Waals surface area contributed by atoms with E-state index in [0.29, 0.717) is 0 Å². The topological polar surface area (TPSA) is 13.1 Å². The van der Waals surface area contributed by atoms with Gasteiger partial charge in [0, 0.05) is 22.1 Å². The number of hydrogen-bond donors (Lipinski definition) is 0. The van der Waals surface area contributed by atoms with E-state index in [1.807, 2.05) is 0 Å². The van der Waals surface area contributed by atoms with Crippen molar-refractivity contribution in [3.63, 3.8) is 0 Å². The van der Waals surface area contributed by atoms with Crippen LogP contribution in [0.1, 0.15) is 34.3 Å². The molecule has 0 bridgehead atoms. The summed E-state index contributed by atoms with van der Waals surface area (Å²) in [4.78, 5) is 0. The van der Waals surface area contributed by atoms with E-state index in [1.165, 1.54) is 12.1 Å². The van der Waals surface area contributed by atoms with E-state index in [1.54, 1.807) is 18.2 Å². The minimum absolute atomic E-state index is 0.118. The van der Waals surface area contributed by atoms with Crippen molar-refractivity contribution in [2.45, 2.75) is 0 Å². The Morgan fingerprint density at radius 1 is 0.347 bits per heavy atom. The smallest absolute Gasteiger partial charge is 0.143 e. The lowest BCUT2D eigenvalue weighted by Crippen LogP contribution is -1.91. The molecule has 0 saturated heterocycles. The minimum Gasteiger partial charge on any atom is -0.455 e. The molecule has 0 amide bonds. The Labute approximate surface area is 319 Å². The van der Waals surface area contributed by atoms with Crippen molar-refractivity contribution in [2.75, 3.05) is 0 Å². The van der Waals surface area contributed by atoms with Gasteiger partial charge in [-0.2, -0.15) is 0 Å². The van der Waals surface area contributed by atoms with Crippen LogP contribution < -0.4 is 0 Å². The van der Waals surface area contributed by atoms with Crippen LogP contribution in [-0.2, 0) is 0 Å². The maximum atomic E-state index is 9.96. The summed E-state index contributed by atoms with van der Waals surface area (Å²) >= 11 is 0. The standard InChI is InChI=1S/C48H30O/c1-3-13-31(14-4-1)34-26-28-44-43(30-34)47(48(49-44)36-25-27-38-35(29-36)24-23-32-15-7-8-18-37(32)38)46-41-21-11-9-19-39(41)45(33-16-5-2-6-17-33)40-20-10-12-22-42(40)46/h1-30H/i1D,3D,4D,7D,8D,9D,10D,11D,12D,13D,14D,15D,18D,19D,20D,21D,22D,23D,24D,25D,26D,27D,28D,29D,30D. The second-order valence-electron chi connectivity index (χ2n) is 10.9. The molecule has 0 aliphatic rings. The van der Waals surface area contributed by atoms with Gasteiger partial charge in [-0.3, -0.25) is 0 Å². The van der Waals surface area contributed by atoms with Crippen molar-refractivity contribution in [3.8, 4) is 44.7 Å². The quantitative estimate of drug-likeness (QED) is 0.137. The molecule has 1 aromatic heterocycles. The van der Waals surface area contributed by atoms with E-state index in [-0.39, 0.29) is 21.9 Å². The van der Waals surface area contributed by atoms with Gasteiger partial charge in [0.25, 0.3) is 0 Å². The van der Waals surface area contributed by atoms with Gasteiger partial charge in [0.1, 0.15) is 11.3 Å². The van der Waals surface area contributed by atoms with Gasteiger partial charge in [-0.05, 0) is 83.5 Å². The zero-order chi connectivity index (χ0) is 54.1. The molecular formula is C48H30O. The number of fused-ring (bicyclic) bond motifs is 6. The van der Waals surface area contributed by atoms with Gasteiger partial charge in [-0.15, -0.1) is 0 Å². The highest BCUT2D eigenvalue weighted by molar-refractivity contribution is 6.25. The third kappa shape index (κ3) is 4.40. The molecule has 0 spiro atoms. The van der Waals surface area contributed by atoms with E-state index in [4.69, 9.17) is 23.6 Å². The largest absolute Gasteiger partial charge is 0.455 e. The normalized spacial score (nSPS) is 18.8. The average molecular weight is 648 g/mol. The van der Waals surface area contributed by atoms with Crippen LogP contribution in [0.15, 0.2) is 186 Å². The fraction of sp³-hybridized carbons (Fsp3) is 0. The summed E-state index contributed by atoms with van der Waals surface area (Å²) in [5, 5.41) is -4.56. The van der Waals surface area contributed by atoms with Crippen LogP contribution in [0, 0.1) is 0 Å². The van der Waals surface area contributed by atoms with Gasteiger partial charge >= 0.3 is 0 Å². The Kier molecular flexibility index (Phi) is 2.84. The molecule has 49 heavy (non-hydrogen) atoms. The Hall–Kier alpha value is -6.44. The first-order chi connectivity index (χ1) is 34.7. The lowest BCUT2D eigenvalue weighted by molar-refractivity contribution is 0.632. The van der Waals surface area contributed by atoms with Crippen LogP contribution in [0.5, 0.6) is 0 Å². The van der Waals surface area contributed by atoms with Crippen molar-refractivity contribution in [1.82, 2.24) is 0 Å². The molecule has 1 heterocycles. The van der Waals surface area contributed by atoms with Gasteiger partial charge < -0.3 is 4.42 Å². The lowest BCUT2D eigenvalue weighted by Gasteiger charge is -2.18. The molecule has 0 fully saturated rings. The predicted molar refractivity (Wildman–Crippen MR) is 208 cm³/mol. The van der Waals surface area contributed by atoms with Gasteiger partial charge in [-0.25, -0.2) is 0 Å². The zero-order valence-electron chi connectivity index (χ0n) is 49.8. The number of hydrogen-bond acceptors (Lipinski definition) is 1. The van der Waals surface area contributed by atoms with Crippen LogP contribution in [0.3, 0.4) is 0 Å². The summed E-state index contributed by atoms with van der Waals surface area (Å²) < 4.78 is 233. The molecule has 0 N–H and O–H groups in total. The summed E-state index contributed by atoms with van der Waals surface area (Å²) in [5.41, 5.74) is -4.25. The Bertz CT molecular complexity index is 4190. The number of furan rings is 1.